The maximum Gasteiger partial charge on any atom is 0.313 e. The average Bonchev–Trinajstić information content (AvgIpc) is 3.72. The van der Waals surface area contributed by atoms with Crippen molar-refractivity contribution in [2.75, 3.05) is 31.8 Å². The molecule has 2 N–H and O–H groups in total. The van der Waals surface area contributed by atoms with Crippen LogP contribution in [-0.2, 0) is 33.4 Å². The number of aryl methyl sites for hydroxylation is 1. The molecule has 13 heteroatoms. The molecule has 0 aliphatic carbocycles. The highest BCUT2D eigenvalue weighted by molar-refractivity contribution is 9.09. The number of alkyl halides is 1. The van der Waals surface area contributed by atoms with Gasteiger partial charge in [0, 0.05) is 24.9 Å². The SMILES string of the molecule is C=CCCC(=O)N[C@@H](COC)[C@@H](OC(=O)[C@H]1[C@@H]2O[C@@]3(CC2Br)[C@@H]1C(=O)N([C@@H](CO)C(C)C)[C@@H]3C(=O)N(CC=C)c1c(C)cccc1Cl)c1ccccc1. The van der Waals surface area contributed by atoms with Crippen LogP contribution in [0.4, 0.5) is 5.69 Å². The van der Waals surface area contributed by atoms with Crippen molar-refractivity contribution >= 4 is 56.9 Å². The van der Waals surface area contributed by atoms with Crippen molar-refractivity contribution in [3.05, 3.63) is 90.0 Å². The molecular formula is C40H49BrClN3O8. The second-order valence-electron chi connectivity index (χ2n) is 14.3. The first-order chi connectivity index (χ1) is 25.4. The summed E-state index contributed by atoms with van der Waals surface area (Å²) in [5, 5.41) is 14.0. The van der Waals surface area contributed by atoms with Gasteiger partial charge >= 0.3 is 5.97 Å². The van der Waals surface area contributed by atoms with Gasteiger partial charge < -0.3 is 34.4 Å². The number of ether oxygens (including phenoxy) is 3. The van der Waals surface area contributed by atoms with Crippen LogP contribution in [0.1, 0.15) is 50.3 Å². The number of nitrogens with one attached hydrogen (secondary N) is 1. The molecule has 1 spiro atoms. The van der Waals surface area contributed by atoms with Gasteiger partial charge in [-0.3, -0.25) is 19.2 Å². The molecule has 3 saturated heterocycles. The van der Waals surface area contributed by atoms with Gasteiger partial charge in [-0.25, -0.2) is 0 Å². The summed E-state index contributed by atoms with van der Waals surface area (Å²) in [6, 6.07) is 11.6. The molecule has 2 aromatic carbocycles. The summed E-state index contributed by atoms with van der Waals surface area (Å²) in [6.45, 7) is 12.8. The second kappa shape index (κ2) is 17.3. The van der Waals surface area contributed by atoms with E-state index in [0.717, 1.165) is 5.56 Å². The van der Waals surface area contributed by atoms with Crippen LogP contribution in [0.25, 0.3) is 0 Å². The number of para-hydroxylation sites is 1. The number of hydrogen-bond acceptors (Lipinski definition) is 8. The summed E-state index contributed by atoms with van der Waals surface area (Å²) in [7, 11) is 1.49. The molecule has 3 aliphatic heterocycles. The summed E-state index contributed by atoms with van der Waals surface area (Å²) in [5.41, 5.74) is 0.385. The van der Waals surface area contributed by atoms with Crippen LogP contribution < -0.4 is 10.2 Å². The molecule has 3 heterocycles. The normalized spacial score (nSPS) is 26.2. The van der Waals surface area contributed by atoms with Crippen LogP contribution >= 0.6 is 27.5 Å². The lowest BCUT2D eigenvalue weighted by atomic mass is 9.70. The standard InChI is InChI=1S/C40H49BrClN3O8/c1-7-9-18-30(47)43-28(22-51-6)34(25-15-11-10-12-16-25)52-39(50)31-32-37(48)45(29(21-46)23(3)4)36(40(32)20-26(41)35(31)53-40)38(49)44(19-8-2)33-24(5)14-13-17-27(33)42/h7-8,10-17,23,26,28-29,31-32,34-36,46H,1-2,9,18-22H2,3-6H3,(H,43,47)/t26?,28-,29-,31+,32-,34-,35+,36+,40-/m0/s1. The van der Waals surface area contributed by atoms with E-state index in [9.17, 15) is 19.5 Å². The maximum atomic E-state index is 15.1. The molecule has 0 aromatic heterocycles. The van der Waals surface area contributed by atoms with Crippen LogP contribution in [0.15, 0.2) is 73.8 Å². The number of nitrogens with zero attached hydrogens (tertiary/aromatic N) is 2. The number of esters is 1. The van der Waals surface area contributed by atoms with Crippen molar-refractivity contribution in [1.29, 1.82) is 0 Å². The number of allylic oxidation sites excluding steroid dienone is 1. The highest BCUT2D eigenvalue weighted by atomic mass is 79.9. The van der Waals surface area contributed by atoms with E-state index in [0.29, 0.717) is 22.7 Å². The third kappa shape index (κ3) is 7.71. The molecular weight excluding hydrogens is 766 g/mol. The van der Waals surface area contributed by atoms with Crippen LogP contribution in [0.2, 0.25) is 5.02 Å². The van der Waals surface area contributed by atoms with E-state index in [1.54, 1.807) is 48.6 Å². The first-order valence-corrected chi connectivity index (χ1v) is 19.2. The maximum absolute atomic E-state index is 15.1. The monoisotopic (exact) mass is 813 g/mol. The van der Waals surface area contributed by atoms with Crippen LogP contribution in [-0.4, -0.2) is 95.2 Å². The summed E-state index contributed by atoms with van der Waals surface area (Å²) >= 11 is 10.4. The quantitative estimate of drug-likeness (QED) is 0.125. The molecule has 3 fully saturated rings. The van der Waals surface area contributed by atoms with Gasteiger partial charge in [-0.2, -0.15) is 0 Å². The summed E-state index contributed by atoms with van der Waals surface area (Å²) in [5.74, 6) is -4.39. The first-order valence-electron chi connectivity index (χ1n) is 17.9. The number of carbonyl (C=O) groups excluding carboxylic acids is 4. The molecule has 2 bridgehead atoms. The minimum absolute atomic E-state index is 0.0299. The fraction of sp³-hybridized carbons (Fsp3) is 0.500. The van der Waals surface area contributed by atoms with E-state index < -0.39 is 77.0 Å². The molecule has 3 aliphatic rings. The Morgan fingerprint density at radius 3 is 2.49 bits per heavy atom. The lowest BCUT2D eigenvalue weighted by molar-refractivity contribution is -0.163. The number of amides is 3. The number of aliphatic hydroxyl groups excluding tert-OH is 1. The highest BCUT2D eigenvalue weighted by Gasteiger charge is 2.78. The number of hydrogen-bond donors (Lipinski definition) is 2. The van der Waals surface area contributed by atoms with Gasteiger partial charge in [-0.05, 0) is 42.9 Å². The van der Waals surface area contributed by atoms with Crippen molar-refractivity contribution in [1.82, 2.24) is 10.2 Å². The summed E-state index contributed by atoms with van der Waals surface area (Å²) < 4.78 is 18.6. The smallest absolute Gasteiger partial charge is 0.313 e. The molecule has 2 aromatic rings. The largest absolute Gasteiger partial charge is 0.455 e. The Morgan fingerprint density at radius 2 is 1.89 bits per heavy atom. The molecule has 53 heavy (non-hydrogen) atoms. The number of carbonyl (C=O) groups is 4. The Hall–Kier alpha value is -3.55. The highest BCUT2D eigenvalue weighted by Crippen LogP contribution is 2.61. The van der Waals surface area contributed by atoms with Crippen molar-refractivity contribution in [3.63, 3.8) is 0 Å². The molecule has 1 unspecified atom stereocenters. The zero-order chi connectivity index (χ0) is 38.6. The van der Waals surface area contributed by atoms with Crippen LogP contribution in [0, 0.1) is 24.7 Å². The number of benzene rings is 2. The summed E-state index contributed by atoms with van der Waals surface area (Å²) in [4.78, 5) is 60.2. The van der Waals surface area contributed by atoms with Gasteiger partial charge in [-0.1, -0.05) is 96.0 Å². The average molecular weight is 815 g/mol. The Balaban J connectivity index is 1.58. The Kier molecular flexibility index (Phi) is 13.2. The van der Waals surface area contributed by atoms with E-state index in [1.165, 1.54) is 16.9 Å². The number of halogens is 2. The van der Waals surface area contributed by atoms with E-state index >= 15 is 4.79 Å². The Bertz CT molecular complexity index is 1670. The van der Waals surface area contributed by atoms with Crippen molar-refractivity contribution in [3.8, 4) is 0 Å². The molecule has 0 saturated carbocycles. The minimum atomic E-state index is -1.44. The second-order valence-corrected chi connectivity index (χ2v) is 15.9. The van der Waals surface area contributed by atoms with E-state index in [-0.39, 0.29) is 37.8 Å². The number of methoxy groups -OCH3 is 1. The number of rotatable bonds is 17. The zero-order valence-corrected chi connectivity index (χ0v) is 32.9. The minimum Gasteiger partial charge on any atom is -0.455 e. The fourth-order valence-corrected chi connectivity index (χ4v) is 9.52. The third-order valence-electron chi connectivity index (χ3n) is 10.6. The van der Waals surface area contributed by atoms with E-state index in [4.69, 9.17) is 25.8 Å². The molecule has 0 radical (unpaired) electrons. The number of fused-ring (bicyclic) bond motifs is 1. The van der Waals surface area contributed by atoms with Gasteiger partial charge in [0.2, 0.25) is 11.8 Å². The molecule has 5 rings (SSSR count). The molecule has 286 valence electrons. The van der Waals surface area contributed by atoms with Gasteiger partial charge in [0.25, 0.3) is 5.91 Å². The van der Waals surface area contributed by atoms with Gasteiger partial charge in [0.05, 0.1) is 53.9 Å². The van der Waals surface area contributed by atoms with Crippen molar-refractivity contribution in [2.24, 2.45) is 17.8 Å². The fourth-order valence-electron chi connectivity index (χ4n) is 8.25. The number of aliphatic hydroxyl groups is 1. The summed E-state index contributed by atoms with van der Waals surface area (Å²) in [6.07, 6.45) is 2.33. The molecule has 3 amide bonds. The van der Waals surface area contributed by atoms with Crippen LogP contribution in [0.5, 0.6) is 0 Å². The Labute approximate surface area is 324 Å². The lowest BCUT2D eigenvalue weighted by Gasteiger charge is -2.40. The lowest BCUT2D eigenvalue weighted by Crippen LogP contribution is -2.60. The topological polar surface area (TPSA) is 135 Å². The Morgan fingerprint density at radius 1 is 1.17 bits per heavy atom. The van der Waals surface area contributed by atoms with Crippen molar-refractivity contribution < 1.29 is 38.5 Å². The van der Waals surface area contributed by atoms with Gasteiger partial charge in [-0.15, -0.1) is 13.2 Å². The predicted molar refractivity (Wildman–Crippen MR) is 206 cm³/mol. The number of likely N-dealkylation sites (tertiary alicyclic amines) is 1. The predicted octanol–water partition coefficient (Wildman–Crippen LogP) is 5.31. The zero-order valence-electron chi connectivity index (χ0n) is 30.6. The first kappa shape index (κ1) is 40.6. The van der Waals surface area contributed by atoms with E-state index in [2.05, 4.69) is 34.4 Å². The van der Waals surface area contributed by atoms with Crippen molar-refractivity contribution in [2.45, 2.75) is 80.8 Å². The molecule has 11 nitrogen and oxygen atoms in total. The van der Waals surface area contributed by atoms with Gasteiger partial charge in [0.15, 0.2) is 0 Å². The van der Waals surface area contributed by atoms with Gasteiger partial charge in [0.1, 0.15) is 17.7 Å². The van der Waals surface area contributed by atoms with Crippen LogP contribution in [0.3, 0.4) is 0 Å². The molecule has 9 atom stereocenters. The van der Waals surface area contributed by atoms with E-state index in [1.807, 2.05) is 32.9 Å². The number of anilines is 1. The third-order valence-corrected chi connectivity index (χ3v) is 11.7.